The third-order valence-corrected chi connectivity index (χ3v) is 10.1. The second-order valence-corrected chi connectivity index (χ2v) is 15.8. The van der Waals surface area contributed by atoms with Gasteiger partial charge < -0.3 is 29.5 Å². The van der Waals surface area contributed by atoms with E-state index in [0.29, 0.717) is 11.8 Å². The molecule has 4 fully saturated rings. The van der Waals surface area contributed by atoms with Gasteiger partial charge in [-0.15, -0.1) is 0 Å². The molecule has 0 unspecified atom stereocenters. The molecule has 1 aromatic rings. The number of nitro benzene ring substituents is 1. The fourth-order valence-corrected chi connectivity index (χ4v) is 7.49. The lowest BCUT2D eigenvalue weighted by Gasteiger charge is -2.41. The SMILES string of the molecule is CC(C)(C)OC(=O)N1CCC(C2CCN(c3ccc([N+](=O)[O-])cc3)CC2)CC1.CC(C)(C)OC(=O)N1CCC(C2CCNCC2)CC1. The molecule has 4 aliphatic heterocycles. The molecule has 0 atom stereocenters. The van der Waals surface area contributed by atoms with Crippen LogP contribution in [0.5, 0.6) is 0 Å². The van der Waals surface area contributed by atoms with E-state index in [1.807, 2.05) is 63.5 Å². The highest BCUT2D eigenvalue weighted by Crippen LogP contribution is 2.35. The topological polar surface area (TPSA) is 117 Å². The van der Waals surface area contributed by atoms with Gasteiger partial charge in [-0.25, -0.2) is 9.59 Å². The average Bonchev–Trinajstić information content (AvgIpc) is 3.04. The number of ether oxygens (including phenoxy) is 2. The molecule has 47 heavy (non-hydrogen) atoms. The number of anilines is 1. The summed E-state index contributed by atoms with van der Waals surface area (Å²) < 4.78 is 10.9. The Hall–Kier alpha value is -3.08. The molecule has 4 saturated heterocycles. The predicted molar refractivity (Wildman–Crippen MR) is 185 cm³/mol. The first-order chi connectivity index (χ1) is 22.2. The van der Waals surface area contributed by atoms with Crippen LogP contribution in [0.2, 0.25) is 0 Å². The van der Waals surface area contributed by atoms with E-state index in [2.05, 4.69) is 10.2 Å². The molecule has 2 amide bonds. The Balaban J connectivity index is 0.000000229. The van der Waals surface area contributed by atoms with Crippen LogP contribution in [-0.2, 0) is 9.47 Å². The lowest BCUT2D eigenvalue weighted by molar-refractivity contribution is -0.384. The summed E-state index contributed by atoms with van der Waals surface area (Å²) in [7, 11) is 0. The Labute approximate surface area is 281 Å². The van der Waals surface area contributed by atoms with Crippen molar-refractivity contribution in [1.82, 2.24) is 15.1 Å². The largest absolute Gasteiger partial charge is 0.444 e. The summed E-state index contributed by atoms with van der Waals surface area (Å²) >= 11 is 0. The number of nitro groups is 1. The molecule has 11 nitrogen and oxygen atoms in total. The predicted octanol–water partition coefficient (Wildman–Crippen LogP) is 7.09. The number of benzene rings is 1. The van der Waals surface area contributed by atoms with E-state index in [1.165, 1.54) is 12.8 Å². The second-order valence-electron chi connectivity index (χ2n) is 15.8. The molecule has 264 valence electrons. The molecule has 0 aliphatic carbocycles. The highest BCUT2D eigenvalue weighted by Gasteiger charge is 2.33. The van der Waals surface area contributed by atoms with Crippen LogP contribution in [0.1, 0.15) is 92.9 Å². The Kier molecular flexibility index (Phi) is 12.8. The van der Waals surface area contributed by atoms with Crippen molar-refractivity contribution in [3.63, 3.8) is 0 Å². The van der Waals surface area contributed by atoms with Gasteiger partial charge in [0, 0.05) is 57.1 Å². The van der Waals surface area contributed by atoms with Crippen LogP contribution in [0.4, 0.5) is 21.0 Å². The molecule has 11 heteroatoms. The zero-order valence-electron chi connectivity index (χ0n) is 29.7. The van der Waals surface area contributed by atoms with E-state index in [4.69, 9.17) is 9.47 Å². The molecule has 0 aromatic heterocycles. The summed E-state index contributed by atoms with van der Waals surface area (Å²) in [6.45, 7) is 19.0. The molecule has 1 aromatic carbocycles. The minimum atomic E-state index is -0.446. The van der Waals surface area contributed by atoms with Gasteiger partial charge in [-0.1, -0.05) is 0 Å². The van der Waals surface area contributed by atoms with E-state index < -0.39 is 5.60 Å². The zero-order valence-corrected chi connectivity index (χ0v) is 29.7. The quantitative estimate of drug-likeness (QED) is 0.269. The van der Waals surface area contributed by atoms with Crippen LogP contribution >= 0.6 is 0 Å². The second kappa shape index (κ2) is 16.3. The number of nitrogens with one attached hydrogen (secondary N) is 1. The molecular formula is C36H59N5O6. The summed E-state index contributed by atoms with van der Waals surface area (Å²) in [5.74, 6) is 3.02. The van der Waals surface area contributed by atoms with E-state index in [9.17, 15) is 19.7 Å². The van der Waals surface area contributed by atoms with Crippen LogP contribution in [0, 0.1) is 33.8 Å². The molecule has 0 spiro atoms. The molecular weight excluding hydrogens is 598 g/mol. The first kappa shape index (κ1) is 36.8. The van der Waals surface area contributed by atoms with Crippen molar-refractivity contribution in [2.45, 2.75) is 104 Å². The maximum Gasteiger partial charge on any atom is 0.410 e. The Morgan fingerprint density at radius 1 is 0.660 bits per heavy atom. The standard InChI is InChI=1S/C21H31N3O4.C15H28N2O2/c1-21(2,3)28-20(25)23-14-10-17(11-15-23)16-8-12-22(13-9-16)18-4-6-19(7-5-18)24(26)27;1-15(2,3)19-14(18)17-10-6-13(7-11-17)12-4-8-16-9-5-12/h4-7,16-17H,8-15H2,1-3H3;12-13,16H,4-11H2,1-3H3. The highest BCUT2D eigenvalue weighted by molar-refractivity contribution is 5.68. The van der Waals surface area contributed by atoms with E-state index in [0.717, 1.165) is 108 Å². The number of hydrogen-bond donors (Lipinski definition) is 1. The van der Waals surface area contributed by atoms with Crippen molar-refractivity contribution in [3.8, 4) is 0 Å². The van der Waals surface area contributed by atoms with Crippen molar-refractivity contribution in [3.05, 3.63) is 34.4 Å². The summed E-state index contributed by atoms with van der Waals surface area (Å²) in [5.41, 5.74) is 0.362. The third kappa shape index (κ3) is 11.5. The van der Waals surface area contributed by atoms with Crippen LogP contribution in [0.15, 0.2) is 24.3 Å². The lowest BCUT2D eigenvalue weighted by atomic mass is 9.79. The van der Waals surface area contributed by atoms with Gasteiger partial charge >= 0.3 is 12.2 Å². The molecule has 4 aliphatic rings. The number of rotatable bonds is 4. The minimum Gasteiger partial charge on any atom is -0.444 e. The van der Waals surface area contributed by atoms with Gasteiger partial charge in [-0.3, -0.25) is 10.1 Å². The number of piperidine rings is 4. The highest BCUT2D eigenvalue weighted by atomic mass is 16.6. The van der Waals surface area contributed by atoms with Gasteiger partial charge in [-0.05, 0) is 142 Å². The van der Waals surface area contributed by atoms with Crippen LogP contribution in [0.25, 0.3) is 0 Å². The monoisotopic (exact) mass is 657 g/mol. The van der Waals surface area contributed by atoms with Crippen LogP contribution < -0.4 is 10.2 Å². The molecule has 5 rings (SSSR count). The first-order valence-electron chi connectivity index (χ1n) is 17.8. The van der Waals surface area contributed by atoms with Gasteiger partial charge in [0.15, 0.2) is 0 Å². The first-order valence-corrected chi connectivity index (χ1v) is 17.8. The molecule has 1 N–H and O–H groups in total. The summed E-state index contributed by atoms with van der Waals surface area (Å²) in [4.78, 5) is 40.7. The summed E-state index contributed by atoms with van der Waals surface area (Å²) in [6, 6.07) is 6.84. The number of carbonyl (C=O) groups excluding carboxylic acids is 2. The van der Waals surface area contributed by atoms with Crippen molar-refractivity contribution >= 4 is 23.6 Å². The van der Waals surface area contributed by atoms with Crippen molar-refractivity contribution in [2.75, 3.05) is 57.3 Å². The van der Waals surface area contributed by atoms with E-state index in [1.54, 1.807) is 12.1 Å². The fraction of sp³-hybridized carbons (Fsp3) is 0.778. The van der Waals surface area contributed by atoms with Crippen molar-refractivity contribution < 1.29 is 24.0 Å². The summed E-state index contributed by atoms with van der Waals surface area (Å²) in [5, 5.41) is 14.2. The number of hydrogen-bond acceptors (Lipinski definition) is 8. The van der Waals surface area contributed by atoms with Crippen molar-refractivity contribution in [1.29, 1.82) is 0 Å². The Bertz CT molecular complexity index is 1150. The van der Waals surface area contributed by atoms with Gasteiger partial charge in [0.2, 0.25) is 0 Å². The van der Waals surface area contributed by atoms with Crippen LogP contribution in [0.3, 0.4) is 0 Å². The number of likely N-dealkylation sites (tertiary alicyclic amines) is 2. The maximum absolute atomic E-state index is 12.2. The van der Waals surface area contributed by atoms with Gasteiger partial charge in [0.25, 0.3) is 5.69 Å². The number of amides is 2. The van der Waals surface area contributed by atoms with Gasteiger partial charge in [0.05, 0.1) is 4.92 Å². The number of non-ortho nitro benzene ring substituents is 1. The zero-order chi connectivity index (χ0) is 34.2. The molecule has 0 radical (unpaired) electrons. The van der Waals surface area contributed by atoms with Gasteiger partial charge in [0.1, 0.15) is 11.2 Å². The normalized spacial score (nSPS) is 21.1. The lowest BCUT2D eigenvalue weighted by Crippen LogP contribution is -2.44. The molecule has 0 saturated carbocycles. The van der Waals surface area contributed by atoms with Crippen molar-refractivity contribution in [2.24, 2.45) is 23.7 Å². The molecule has 4 heterocycles. The van der Waals surface area contributed by atoms with Gasteiger partial charge in [-0.2, -0.15) is 0 Å². The smallest absolute Gasteiger partial charge is 0.410 e. The summed E-state index contributed by atoms with van der Waals surface area (Å²) in [6.07, 6.45) is 8.91. The van der Waals surface area contributed by atoms with Crippen LogP contribution in [-0.4, -0.2) is 90.5 Å². The minimum absolute atomic E-state index is 0.135. The number of nitrogens with zero attached hydrogens (tertiary/aromatic N) is 4. The average molecular weight is 658 g/mol. The van der Waals surface area contributed by atoms with E-state index in [-0.39, 0.29) is 28.4 Å². The maximum atomic E-state index is 12.2. The fourth-order valence-electron chi connectivity index (χ4n) is 7.49. The number of carbonyl (C=O) groups is 2. The third-order valence-electron chi connectivity index (χ3n) is 10.1. The Morgan fingerprint density at radius 3 is 1.38 bits per heavy atom. The van der Waals surface area contributed by atoms with E-state index >= 15 is 0 Å². The Morgan fingerprint density at radius 2 is 1.02 bits per heavy atom. The molecule has 0 bridgehead atoms.